The summed E-state index contributed by atoms with van der Waals surface area (Å²) in [5, 5.41) is 14.1. The molecule has 0 bridgehead atoms. The van der Waals surface area contributed by atoms with Crippen LogP contribution in [0.25, 0.3) is 10.9 Å². The van der Waals surface area contributed by atoms with Gasteiger partial charge in [0, 0.05) is 16.1 Å². The molecule has 0 saturated carbocycles. The van der Waals surface area contributed by atoms with Crippen molar-refractivity contribution in [1.82, 2.24) is 4.98 Å². The molecule has 1 heterocycles. The third kappa shape index (κ3) is 4.36. The Kier molecular flexibility index (Phi) is 5.49. The first-order chi connectivity index (χ1) is 12.4. The molecule has 7 heteroatoms. The van der Waals surface area contributed by atoms with Gasteiger partial charge in [0.1, 0.15) is 5.75 Å². The van der Waals surface area contributed by atoms with Crippen LogP contribution in [0.1, 0.15) is 12.6 Å². The molecule has 134 valence electrons. The number of aliphatic carboxylic acids is 1. The molecular formula is C19H16Cl2N2O3. The molecule has 5 nitrogen and oxygen atoms in total. The molecular weight excluding hydrogens is 375 g/mol. The fourth-order valence-corrected chi connectivity index (χ4v) is 2.94. The number of carboxylic acids is 1. The van der Waals surface area contributed by atoms with E-state index >= 15 is 0 Å². The summed E-state index contributed by atoms with van der Waals surface area (Å²) in [6, 6.07) is 14.4. The normalized spacial score (nSPS) is 12.0. The molecule has 0 amide bonds. The summed E-state index contributed by atoms with van der Waals surface area (Å²) >= 11 is 12.2. The van der Waals surface area contributed by atoms with E-state index in [9.17, 15) is 4.79 Å². The number of carbonyl (C=O) groups is 1. The van der Waals surface area contributed by atoms with E-state index < -0.39 is 12.1 Å². The second-order valence-corrected chi connectivity index (χ2v) is 6.58. The van der Waals surface area contributed by atoms with Crippen LogP contribution in [0.3, 0.4) is 0 Å². The molecule has 0 aliphatic carbocycles. The molecule has 2 aromatic carbocycles. The Balaban J connectivity index is 1.67. The van der Waals surface area contributed by atoms with Gasteiger partial charge in [0.25, 0.3) is 0 Å². The lowest BCUT2D eigenvalue weighted by atomic mass is 10.2. The number of halogens is 2. The summed E-state index contributed by atoms with van der Waals surface area (Å²) < 4.78 is 5.30. The highest BCUT2D eigenvalue weighted by atomic mass is 35.5. The van der Waals surface area contributed by atoms with Crippen molar-refractivity contribution in [1.29, 1.82) is 0 Å². The fourth-order valence-electron chi connectivity index (χ4n) is 2.40. The molecule has 0 saturated heterocycles. The number of carboxylic acid groups (broad SMARTS) is 1. The molecule has 1 aromatic heterocycles. The van der Waals surface area contributed by atoms with Crippen molar-refractivity contribution in [3.63, 3.8) is 0 Å². The highest BCUT2D eigenvalue weighted by Crippen LogP contribution is 2.27. The number of fused-ring (bicyclic) bond motifs is 1. The van der Waals surface area contributed by atoms with Crippen molar-refractivity contribution in [2.75, 3.05) is 5.32 Å². The van der Waals surface area contributed by atoms with Crippen LogP contribution in [0.2, 0.25) is 10.0 Å². The van der Waals surface area contributed by atoms with Crippen LogP contribution in [0.15, 0.2) is 48.5 Å². The summed E-state index contributed by atoms with van der Waals surface area (Å²) in [5.74, 6) is -0.506. The molecule has 3 aromatic rings. The van der Waals surface area contributed by atoms with Crippen molar-refractivity contribution in [2.24, 2.45) is 0 Å². The van der Waals surface area contributed by atoms with Crippen molar-refractivity contribution >= 4 is 45.8 Å². The number of hydrogen-bond acceptors (Lipinski definition) is 4. The summed E-state index contributed by atoms with van der Waals surface area (Å²) in [5.41, 5.74) is 2.45. The lowest BCUT2D eigenvalue weighted by Gasteiger charge is -2.11. The van der Waals surface area contributed by atoms with Crippen molar-refractivity contribution in [3.05, 3.63) is 64.3 Å². The van der Waals surface area contributed by atoms with Crippen molar-refractivity contribution in [2.45, 2.75) is 19.6 Å². The van der Waals surface area contributed by atoms with Crippen LogP contribution < -0.4 is 10.1 Å². The minimum atomic E-state index is -1.00. The summed E-state index contributed by atoms with van der Waals surface area (Å²) in [6.45, 7) is 2.00. The first kappa shape index (κ1) is 18.3. The predicted molar refractivity (Wildman–Crippen MR) is 103 cm³/mol. The van der Waals surface area contributed by atoms with Gasteiger partial charge in [0.15, 0.2) is 6.10 Å². The summed E-state index contributed by atoms with van der Waals surface area (Å²) in [4.78, 5) is 15.4. The number of ether oxygens (including phenoxy) is 1. The number of nitrogens with zero attached hydrogens (tertiary/aromatic N) is 1. The number of benzene rings is 2. The number of hydrogen-bond donors (Lipinski definition) is 2. The van der Waals surface area contributed by atoms with Gasteiger partial charge in [-0.2, -0.15) is 0 Å². The molecule has 1 atom stereocenters. The fraction of sp³-hybridized carbons (Fsp3) is 0.158. The van der Waals surface area contributed by atoms with E-state index in [-0.39, 0.29) is 0 Å². The topological polar surface area (TPSA) is 71.5 Å². The van der Waals surface area contributed by atoms with E-state index in [1.54, 1.807) is 24.3 Å². The third-order valence-electron chi connectivity index (χ3n) is 3.77. The van der Waals surface area contributed by atoms with Crippen LogP contribution in [0.4, 0.5) is 5.69 Å². The first-order valence-corrected chi connectivity index (χ1v) is 8.66. The van der Waals surface area contributed by atoms with Gasteiger partial charge in [-0.25, -0.2) is 4.79 Å². The number of pyridine rings is 1. The highest BCUT2D eigenvalue weighted by molar-refractivity contribution is 6.38. The van der Waals surface area contributed by atoms with Crippen LogP contribution >= 0.6 is 23.2 Å². The molecule has 1 unspecified atom stereocenters. The number of anilines is 1. The van der Waals surface area contributed by atoms with E-state index in [4.69, 9.17) is 33.0 Å². The van der Waals surface area contributed by atoms with Gasteiger partial charge in [-0.1, -0.05) is 23.2 Å². The van der Waals surface area contributed by atoms with Gasteiger partial charge in [-0.05, 0) is 55.5 Å². The lowest BCUT2D eigenvalue weighted by Crippen LogP contribution is -2.22. The second-order valence-electron chi connectivity index (χ2n) is 5.73. The van der Waals surface area contributed by atoms with E-state index in [0.717, 1.165) is 22.3 Å². The molecule has 0 radical (unpaired) electrons. The highest BCUT2D eigenvalue weighted by Gasteiger charge is 2.12. The van der Waals surface area contributed by atoms with Gasteiger partial charge in [0.2, 0.25) is 0 Å². The minimum Gasteiger partial charge on any atom is -0.479 e. The maximum Gasteiger partial charge on any atom is 0.344 e. The van der Waals surface area contributed by atoms with Gasteiger partial charge < -0.3 is 15.2 Å². The number of rotatable bonds is 6. The second kappa shape index (κ2) is 7.81. The SMILES string of the molecule is CC(Oc1ccc(NCc2ccc3c(Cl)cc(Cl)cc3n2)cc1)C(=O)O. The quantitative estimate of drug-likeness (QED) is 0.619. The Hall–Kier alpha value is -2.50. The van der Waals surface area contributed by atoms with Crippen LogP contribution in [0.5, 0.6) is 5.75 Å². The standard InChI is InChI=1S/C19H16Cl2N2O3/c1-11(19(24)25)26-15-5-2-13(3-6-15)22-10-14-4-7-16-17(21)8-12(20)9-18(16)23-14/h2-9,11,22H,10H2,1H3,(H,24,25). The zero-order valence-corrected chi connectivity index (χ0v) is 15.4. The van der Waals surface area contributed by atoms with Gasteiger partial charge in [-0.3, -0.25) is 4.98 Å². The maximum absolute atomic E-state index is 10.8. The molecule has 3 rings (SSSR count). The van der Waals surface area contributed by atoms with Gasteiger partial charge in [-0.15, -0.1) is 0 Å². The Bertz CT molecular complexity index is 945. The zero-order valence-electron chi connectivity index (χ0n) is 13.9. The van der Waals surface area contributed by atoms with Crippen LogP contribution in [0, 0.1) is 0 Å². The molecule has 0 spiro atoms. The molecule has 2 N–H and O–H groups in total. The molecule has 0 aliphatic heterocycles. The van der Waals surface area contributed by atoms with Crippen LogP contribution in [-0.4, -0.2) is 22.2 Å². The Morgan fingerprint density at radius 1 is 1.19 bits per heavy atom. The van der Waals surface area contributed by atoms with Gasteiger partial charge in [0.05, 0.1) is 22.8 Å². The zero-order chi connectivity index (χ0) is 18.7. The summed E-state index contributed by atoms with van der Waals surface area (Å²) in [6.07, 6.45) is -0.894. The first-order valence-electron chi connectivity index (χ1n) is 7.90. The van der Waals surface area contributed by atoms with E-state index in [1.807, 2.05) is 24.3 Å². The number of nitrogens with one attached hydrogen (secondary N) is 1. The maximum atomic E-state index is 10.8. The Morgan fingerprint density at radius 3 is 2.62 bits per heavy atom. The smallest absolute Gasteiger partial charge is 0.344 e. The number of aromatic nitrogens is 1. The summed E-state index contributed by atoms with van der Waals surface area (Å²) in [7, 11) is 0. The van der Waals surface area contributed by atoms with E-state index in [2.05, 4.69) is 10.3 Å². The minimum absolute atomic E-state index is 0.499. The predicted octanol–water partition coefficient (Wildman–Crippen LogP) is 5.01. The average molecular weight is 391 g/mol. The monoisotopic (exact) mass is 390 g/mol. The van der Waals surface area contributed by atoms with E-state index in [0.29, 0.717) is 22.3 Å². The van der Waals surface area contributed by atoms with Gasteiger partial charge >= 0.3 is 5.97 Å². The molecule has 0 aliphatic rings. The third-order valence-corrected chi connectivity index (χ3v) is 4.30. The Labute approximate surface area is 160 Å². The van der Waals surface area contributed by atoms with E-state index in [1.165, 1.54) is 6.92 Å². The molecule has 0 fully saturated rings. The van der Waals surface area contributed by atoms with Crippen molar-refractivity contribution < 1.29 is 14.6 Å². The average Bonchev–Trinajstić information content (AvgIpc) is 2.60. The largest absolute Gasteiger partial charge is 0.479 e. The molecule has 26 heavy (non-hydrogen) atoms. The lowest BCUT2D eigenvalue weighted by molar-refractivity contribution is -0.144. The van der Waals surface area contributed by atoms with Crippen molar-refractivity contribution in [3.8, 4) is 5.75 Å². The van der Waals surface area contributed by atoms with Crippen LogP contribution in [-0.2, 0) is 11.3 Å². The Morgan fingerprint density at radius 2 is 1.92 bits per heavy atom.